The van der Waals surface area contributed by atoms with Crippen LogP contribution in [-0.2, 0) is 14.3 Å². The molecular formula is C29H36O4SSi2. The van der Waals surface area contributed by atoms with E-state index in [-0.39, 0.29) is 11.5 Å². The molecule has 0 saturated heterocycles. The fraction of sp³-hybridized carbons (Fsp3) is 0.310. The first-order valence-corrected chi connectivity index (χ1v) is 20.8. The van der Waals surface area contributed by atoms with Gasteiger partial charge >= 0.3 is 0 Å². The van der Waals surface area contributed by atoms with Crippen LogP contribution in [0.25, 0.3) is 32.7 Å². The van der Waals surface area contributed by atoms with Gasteiger partial charge < -0.3 is 4.74 Å². The van der Waals surface area contributed by atoms with Crippen molar-refractivity contribution in [2.45, 2.75) is 51.1 Å². The van der Waals surface area contributed by atoms with Crippen molar-refractivity contribution in [3.8, 4) is 16.9 Å². The normalized spacial score (nSPS) is 12.9. The molecule has 36 heavy (non-hydrogen) atoms. The fourth-order valence-electron chi connectivity index (χ4n) is 4.67. The van der Waals surface area contributed by atoms with Crippen LogP contribution in [0, 0.1) is 0 Å². The van der Waals surface area contributed by atoms with Crippen molar-refractivity contribution in [2.24, 2.45) is 0 Å². The predicted molar refractivity (Wildman–Crippen MR) is 158 cm³/mol. The van der Waals surface area contributed by atoms with Crippen LogP contribution in [0.15, 0.2) is 65.6 Å². The number of ether oxygens (including phenoxy) is 1. The average molecular weight is 537 g/mol. The lowest BCUT2D eigenvalue weighted by molar-refractivity contribution is 0.338. The molecule has 4 aromatic carbocycles. The third kappa shape index (κ3) is 4.89. The summed E-state index contributed by atoms with van der Waals surface area (Å²) in [5, 5.41) is 6.60. The van der Waals surface area contributed by atoms with E-state index in [4.69, 9.17) is 8.92 Å². The zero-order valence-corrected chi connectivity index (χ0v) is 25.3. The predicted octanol–water partition coefficient (Wildman–Crippen LogP) is 6.48. The molecule has 0 fully saturated rings. The van der Waals surface area contributed by atoms with Crippen molar-refractivity contribution in [1.82, 2.24) is 0 Å². The van der Waals surface area contributed by atoms with E-state index >= 15 is 0 Å². The lowest BCUT2D eigenvalue weighted by Crippen LogP contribution is -2.37. The summed E-state index contributed by atoms with van der Waals surface area (Å²) in [5.41, 5.74) is 1.41. The minimum absolute atomic E-state index is 0.0701. The molecule has 4 nitrogen and oxygen atoms in total. The molecule has 190 valence electrons. The monoisotopic (exact) mass is 536 g/mol. The van der Waals surface area contributed by atoms with Gasteiger partial charge in [-0.1, -0.05) is 98.2 Å². The zero-order chi connectivity index (χ0) is 26.5. The van der Waals surface area contributed by atoms with Crippen LogP contribution in [0.4, 0.5) is 0 Å². The van der Waals surface area contributed by atoms with Crippen molar-refractivity contribution in [1.29, 1.82) is 0 Å². The summed E-state index contributed by atoms with van der Waals surface area (Å²) < 4.78 is 37.9. The number of hydrogen-bond donors (Lipinski definition) is 0. The Bertz CT molecular complexity index is 1560. The first kappa shape index (κ1) is 26.6. The van der Waals surface area contributed by atoms with Crippen LogP contribution < -0.4 is 15.1 Å². The molecule has 0 aliphatic carbocycles. The van der Waals surface area contributed by atoms with E-state index in [2.05, 4.69) is 81.7 Å². The molecule has 0 aromatic heterocycles. The lowest BCUT2D eigenvalue weighted by Gasteiger charge is -2.22. The van der Waals surface area contributed by atoms with Crippen LogP contribution in [0.1, 0.15) is 6.92 Å². The Morgan fingerprint density at radius 2 is 1.19 bits per heavy atom. The third-order valence-corrected chi connectivity index (χ3v) is 12.2. The highest BCUT2D eigenvalue weighted by atomic mass is 32.2. The highest BCUT2D eigenvalue weighted by Gasteiger charge is 2.27. The molecule has 0 amide bonds. The molecule has 0 N–H and O–H groups in total. The van der Waals surface area contributed by atoms with E-state index < -0.39 is 26.3 Å². The van der Waals surface area contributed by atoms with Gasteiger partial charge in [0.05, 0.1) is 29.9 Å². The van der Waals surface area contributed by atoms with Crippen LogP contribution in [0.2, 0.25) is 39.3 Å². The van der Waals surface area contributed by atoms with E-state index in [1.165, 1.54) is 10.4 Å². The maximum atomic E-state index is 13.4. The van der Waals surface area contributed by atoms with Gasteiger partial charge in [-0.15, -0.1) is 0 Å². The Morgan fingerprint density at radius 3 is 1.67 bits per heavy atom. The molecule has 0 bridgehead atoms. The molecule has 0 aliphatic rings. The number of methoxy groups -OCH3 is 1. The molecule has 0 spiro atoms. The van der Waals surface area contributed by atoms with Gasteiger partial charge in [-0.2, -0.15) is 8.42 Å². The molecule has 7 heteroatoms. The Kier molecular flexibility index (Phi) is 6.98. The molecule has 4 aromatic rings. The molecule has 0 heterocycles. The van der Waals surface area contributed by atoms with Crippen LogP contribution in [-0.4, -0.2) is 38.3 Å². The molecule has 0 aliphatic heterocycles. The summed E-state index contributed by atoms with van der Waals surface area (Å²) in [6.07, 6.45) is 0. The van der Waals surface area contributed by atoms with Gasteiger partial charge in [-0.05, 0) is 40.6 Å². The van der Waals surface area contributed by atoms with Crippen LogP contribution >= 0.6 is 0 Å². The second-order valence-electron chi connectivity index (χ2n) is 11.3. The first-order chi connectivity index (χ1) is 16.8. The number of fused-ring (bicyclic) bond motifs is 2. The average Bonchev–Trinajstić information content (AvgIpc) is 2.80. The molecule has 4 rings (SSSR count). The van der Waals surface area contributed by atoms with Gasteiger partial charge in [0.1, 0.15) is 10.6 Å². The summed E-state index contributed by atoms with van der Waals surface area (Å²) in [7, 11) is -5.44. The molecule has 0 unspecified atom stereocenters. The Labute approximate surface area is 217 Å². The first-order valence-electron chi connectivity index (χ1n) is 12.4. The fourth-order valence-corrected chi connectivity index (χ4v) is 8.14. The van der Waals surface area contributed by atoms with Crippen molar-refractivity contribution in [3.63, 3.8) is 0 Å². The third-order valence-electron chi connectivity index (χ3n) is 6.71. The summed E-state index contributed by atoms with van der Waals surface area (Å²) in [4.78, 5) is 0.165. The van der Waals surface area contributed by atoms with Crippen LogP contribution in [0.3, 0.4) is 0 Å². The maximum Gasteiger partial charge on any atom is 0.297 e. The highest BCUT2D eigenvalue weighted by molar-refractivity contribution is 7.87. The standard InChI is InChI=1S/C29H36O4SSi2/c1-9-33-34(30,31)27-17-11-21-19-23(36(6,7)8)13-15-25(21)29(27)28-24-14-12-22(35(3,4)5)18-20(24)10-16-26(28)32-2/h10-19H,9H2,1-8H3. The molecule has 0 saturated carbocycles. The van der Waals surface area contributed by atoms with E-state index in [0.717, 1.165) is 27.1 Å². The van der Waals surface area contributed by atoms with E-state index in [1.807, 2.05) is 12.1 Å². The summed E-state index contributed by atoms with van der Waals surface area (Å²) >= 11 is 0. The largest absolute Gasteiger partial charge is 0.496 e. The summed E-state index contributed by atoms with van der Waals surface area (Å²) in [6.45, 7) is 15.7. The molecule has 0 radical (unpaired) electrons. The molecule has 0 atom stereocenters. The minimum atomic E-state index is -3.98. The van der Waals surface area contributed by atoms with Gasteiger partial charge in [0.2, 0.25) is 0 Å². The minimum Gasteiger partial charge on any atom is -0.496 e. The quantitative estimate of drug-likeness (QED) is 0.200. The second kappa shape index (κ2) is 9.45. The van der Waals surface area contributed by atoms with E-state index in [1.54, 1.807) is 20.1 Å². The van der Waals surface area contributed by atoms with Gasteiger partial charge in [0.15, 0.2) is 0 Å². The van der Waals surface area contributed by atoms with E-state index in [0.29, 0.717) is 11.3 Å². The summed E-state index contributed by atoms with van der Waals surface area (Å²) in [6, 6.07) is 20.6. The van der Waals surface area contributed by atoms with Crippen molar-refractivity contribution in [3.05, 3.63) is 60.7 Å². The topological polar surface area (TPSA) is 52.6 Å². The zero-order valence-electron chi connectivity index (χ0n) is 22.5. The number of rotatable bonds is 7. The highest BCUT2D eigenvalue weighted by Crippen LogP contribution is 2.44. The molecular weight excluding hydrogens is 501 g/mol. The van der Waals surface area contributed by atoms with Crippen molar-refractivity contribution < 1.29 is 17.3 Å². The lowest BCUT2D eigenvalue weighted by atomic mass is 9.93. The second-order valence-corrected chi connectivity index (χ2v) is 23.1. The Morgan fingerprint density at radius 1 is 0.694 bits per heavy atom. The Balaban J connectivity index is 2.17. The SMILES string of the molecule is CCOS(=O)(=O)c1ccc2cc([Si](C)(C)C)ccc2c1-c1c(OC)ccc2cc([Si](C)(C)C)ccc12. The van der Waals surface area contributed by atoms with Gasteiger partial charge in [-0.25, -0.2) is 0 Å². The number of benzene rings is 4. The number of hydrogen-bond acceptors (Lipinski definition) is 4. The smallest absolute Gasteiger partial charge is 0.297 e. The Hall–Kier alpha value is -2.46. The van der Waals surface area contributed by atoms with Gasteiger partial charge in [0, 0.05) is 11.1 Å². The van der Waals surface area contributed by atoms with Gasteiger partial charge in [0.25, 0.3) is 10.1 Å². The van der Waals surface area contributed by atoms with Crippen molar-refractivity contribution in [2.75, 3.05) is 13.7 Å². The van der Waals surface area contributed by atoms with Crippen molar-refractivity contribution >= 4 is 58.2 Å². The van der Waals surface area contributed by atoms with Crippen LogP contribution in [0.5, 0.6) is 5.75 Å². The summed E-state index contributed by atoms with van der Waals surface area (Å²) in [5.74, 6) is 0.637. The van der Waals surface area contributed by atoms with E-state index in [9.17, 15) is 8.42 Å². The maximum absolute atomic E-state index is 13.4. The van der Waals surface area contributed by atoms with Gasteiger partial charge in [-0.3, -0.25) is 4.18 Å².